The molecule has 3 N–H and O–H groups in total. The van der Waals surface area contributed by atoms with E-state index in [4.69, 9.17) is 0 Å². The van der Waals surface area contributed by atoms with Gasteiger partial charge in [-0.15, -0.1) is 0 Å². The highest BCUT2D eigenvalue weighted by Gasteiger charge is 2.27. The Morgan fingerprint density at radius 1 is 1.52 bits per heavy atom. The molecule has 21 heavy (non-hydrogen) atoms. The molecular weight excluding hydrogens is 271 g/mol. The van der Waals surface area contributed by atoms with Gasteiger partial charge in [-0.2, -0.15) is 0 Å². The van der Waals surface area contributed by atoms with Crippen molar-refractivity contribution >= 4 is 16.8 Å². The summed E-state index contributed by atoms with van der Waals surface area (Å²) in [6, 6.07) is 6.14. The van der Waals surface area contributed by atoms with E-state index in [1.807, 2.05) is 13.8 Å². The summed E-state index contributed by atoms with van der Waals surface area (Å²) in [4.78, 5) is 15.0. The van der Waals surface area contributed by atoms with Crippen molar-refractivity contribution in [1.82, 2.24) is 10.3 Å². The van der Waals surface area contributed by atoms with Crippen molar-refractivity contribution in [2.24, 2.45) is 5.92 Å². The first-order valence-electron chi connectivity index (χ1n) is 7.13. The molecule has 0 aliphatic carbocycles. The van der Waals surface area contributed by atoms with E-state index in [0.29, 0.717) is 10.9 Å². The maximum Gasteiger partial charge on any atom is 0.267 e. The molecule has 0 bridgehead atoms. The molecule has 2 unspecified atom stereocenters. The van der Waals surface area contributed by atoms with E-state index in [0.717, 1.165) is 6.42 Å². The summed E-state index contributed by atoms with van der Waals surface area (Å²) in [5.41, 5.74) is -0.106. The number of benzene rings is 1. The van der Waals surface area contributed by atoms with Crippen molar-refractivity contribution in [3.8, 4) is 0 Å². The minimum absolute atomic E-state index is 0.0676. The van der Waals surface area contributed by atoms with E-state index in [9.17, 15) is 14.3 Å². The van der Waals surface area contributed by atoms with Crippen LogP contribution in [0.2, 0.25) is 0 Å². The molecule has 0 fully saturated rings. The average Bonchev–Trinajstić information content (AvgIpc) is 2.89. The summed E-state index contributed by atoms with van der Waals surface area (Å²) in [7, 11) is 0. The number of aliphatic hydroxyl groups is 1. The zero-order chi connectivity index (χ0) is 15.6. The number of hydrogen-bond donors (Lipinski definition) is 3. The molecule has 0 spiro atoms. The minimum atomic E-state index is -0.971. The standard InChI is InChI=1S/C16H21FN2O2/c1-4-10(2)16(3,21)9-18-15(20)14-8-11-12(17)6-5-7-13(11)19-14/h5-8,10,19,21H,4,9H2,1-3H3,(H,18,20). The molecule has 1 heterocycles. The van der Waals surface area contributed by atoms with Crippen LogP contribution in [0.5, 0.6) is 0 Å². The van der Waals surface area contributed by atoms with Gasteiger partial charge in [0.05, 0.1) is 5.60 Å². The van der Waals surface area contributed by atoms with Gasteiger partial charge >= 0.3 is 0 Å². The van der Waals surface area contributed by atoms with Gasteiger partial charge in [0.15, 0.2) is 0 Å². The molecule has 2 aromatic rings. The predicted molar refractivity (Wildman–Crippen MR) is 80.7 cm³/mol. The average molecular weight is 292 g/mol. The van der Waals surface area contributed by atoms with Gasteiger partial charge in [-0.05, 0) is 31.0 Å². The lowest BCUT2D eigenvalue weighted by Crippen LogP contribution is -2.45. The highest BCUT2D eigenvalue weighted by Crippen LogP contribution is 2.20. The molecule has 5 heteroatoms. The van der Waals surface area contributed by atoms with Crippen molar-refractivity contribution in [2.45, 2.75) is 32.8 Å². The lowest BCUT2D eigenvalue weighted by molar-refractivity contribution is 0.00589. The number of hydrogen-bond acceptors (Lipinski definition) is 2. The van der Waals surface area contributed by atoms with Crippen LogP contribution in [0.1, 0.15) is 37.7 Å². The molecule has 0 radical (unpaired) electrons. The monoisotopic (exact) mass is 292 g/mol. The number of halogens is 1. The molecule has 0 saturated heterocycles. The zero-order valence-corrected chi connectivity index (χ0v) is 12.5. The van der Waals surface area contributed by atoms with E-state index in [-0.39, 0.29) is 29.9 Å². The Hall–Kier alpha value is -1.88. The number of H-pyrrole nitrogens is 1. The number of amides is 1. The number of aromatic nitrogens is 1. The third-order valence-corrected chi connectivity index (χ3v) is 4.14. The van der Waals surface area contributed by atoms with Crippen molar-refractivity contribution in [2.75, 3.05) is 6.54 Å². The fraction of sp³-hybridized carbons (Fsp3) is 0.438. The summed E-state index contributed by atoms with van der Waals surface area (Å²) in [5, 5.41) is 13.4. The van der Waals surface area contributed by atoms with Crippen LogP contribution in [0.3, 0.4) is 0 Å². The molecule has 0 saturated carbocycles. The number of carbonyl (C=O) groups is 1. The van der Waals surface area contributed by atoms with Crippen LogP contribution in [-0.2, 0) is 0 Å². The van der Waals surface area contributed by atoms with Crippen molar-refractivity contribution in [3.63, 3.8) is 0 Å². The van der Waals surface area contributed by atoms with Gasteiger partial charge in [0, 0.05) is 17.4 Å². The number of carbonyl (C=O) groups excluding carboxylic acids is 1. The molecule has 0 aliphatic heterocycles. The van der Waals surface area contributed by atoms with Crippen molar-refractivity contribution in [1.29, 1.82) is 0 Å². The van der Waals surface area contributed by atoms with Crippen LogP contribution in [0.25, 0.3) is 10.9 Å². The normalized spacial score (nSPS) is 15.7. The smallest absolute Gasteiger partial charge is 0.267 e. The van der Waals surface area contributed by atoms with Gasteiger partial charge in [-0.25, -0.2) is 4.39 Å². The summed E-state index contributed by atoms with van der Waals surface area (Å²) in [6.07, 6.45) is 0.820. The SMILES string of the molecule is CCC(C)C(C)(O)CNC(=O)c1cc2c(F)cccc2[nH]1. The Morgan fingerprint density at radius 2 is 2.24 bits per heavy atom. The molecule has 1 aromatic carbocycles. The lowest BCUT2D eigenvalue weighted by atomic mass is 9.88. The van der Waals surface area contributed by atoms with E-state index in [2.05, 4.69) is 10.3 Å². The van der Waals surface area contributed by atoms with Gasteiger partial charge in [0.25, 0.3) is 5.91 Å². The Labute approximate surface area is 123 Å². The van der Waals surface area contributed by atoms with E-state index in [1.54, 1.807) is 19.1 Å². The van der Waals surface area contributed by atoms with Gasteiger partial charge < -0.3 is 15.4 Å². The molecule has 2 rings (SSSR count). The van der Waals surface area contributed by atoms with Crippen molar-refractivity contribution < 1.29 is 14.3 Å². The number of nitrogens with one attached hydrogen (secondary N) is 2. The largest absolute Gasteiger partial charge is 0.388 e. The van der Waals surface area contributed by atoms with Crippen LogP contribution in [-0.4, -0.2) is 28.1 Å². The molecule has 1 aromatic heterocycles. The van der Waals surface area contributed by atoms with Gasteiger partial charge in [0.2, 0.25) is 0 Å². The maximum atomic E-state index is 13.6. The minimum Gasteiger partial charge on any atom is -0.388 e. The molecule has 1 amide bonds. The third-order valence-electron chi connectivity index (χ3n) is 4.14. The van der Waals surface area contributed by atoms with Gasteiger partial charge in [-0.1, -0.05) is 26.3 Å². The second kappa shape index (κ2) is 5.85. The second-order valence-corrected chi connectivity index (χ2v) is 5.73. The highest BCUT2D eigenvalue weighted by atomic mass is 19.1. The topological polar surface area (TPSA) is 65.1 Å². The Balaban J connectivity index is 2.11. The molecular formula is C16H21FN2O2. The Kier molecular flexibility index (Phi) is 4.32. The lowest BCUT2D eigenvalue weighted by Gasteiger charge is -2.29. The van der Waals surface area contributed by atoms with Crippen molar-refractivity contribution in [3.05, 3.63) is 35.8 Å². The Morgan fingerprint density at radius 3 is 2.86 bits per heavy atom. The quantitative estimate of drug-likeness (QED) is 0.793. The second-order valence-electron chi connectivity index (χ2n) is 5.73. The van der Waals surface area contributed by atoms with E-state index < -0.39 is 5.60 Å². The van der Waals surface area contributed by atoms with E-state index in [1.165, 1.54) is 12.1 Å². The summed E-state index contributed by atoms with van der Waals surface area (Å²) >= 11 is 0. The number of rotatable bonds is 5. The Bertz CT molecular complexity index is 649. The van der Waals surface area contributed by atoms with E-state index >= 15 is 0 Å². The fourth-order valence-electron chi connectivity index (χ4n) is 2.21. The van der Waals surface area contributed by atoms with Gasteiger partial charge in [0.1, 0.15) is 11.5 Å². The molecule has 2 atom stereocenters. The maximum absolute atomic E-state index is 13.6. The van der Waals surface area contributed by atoms with Crippen LogP contribution >= 0.6 is 0 Å². The first-order chi connectivity index (χ1) is 9.85. The molecule has 4 nitrogen and oxygen atoms in total. The van der Waals surface area contributed by atoms with Gasteiger partial charge in [-0.3, -0.25) is 4.79 Å². The molecule has 0 aliphatic rings. The number of aromatic amines is 1. The third kappa shape index (κ3) is 3.24. The fourth-order valence-corrected chi connectivity index (χ4v) is 2.21. The summed E-state index contributed by atoms with van der Waals surface area (Å²) in [6.45, 7) is 5.77. The van der Waals surface area contributed by atoms with Crippen LogP contribution in [0.4, 0.5) is 4.39 Å². The first-order valence-corrected chi connectivity index (χ1v) is 7.13. The summed E-state index contributed by atoms with van der Waals surface area (Å²) in [5.74, 6) is -0.651. The van der Waals surface area contributed by atoms with Crippen LogP contribution < -0.4 is 5.32 Å². The zero-order valence-electron chi connectivity index (χ0n) is 12.5. The highest BCUT2D eigenvalue weighted by molar-refractivity contribution is 5.98. The van der Waals surface area contributed by atoms with Crippen LogP contribution in [0, 0.1) is 11.7 Å². The number of fused-ring (bicyclic) bond motifs is 1. The van der Waals surface area contributed by atoms with Crippen LogP contribution in [0.15, 0.2) is 24.3 Å². The first kappa shape index (κ1) is 15.5. The summed E-state index contributed by atoms with van der Waals surface area (Å²) < 4.78 is 13.6. The molecule has 114 valence electrons. The predicted octanol–water partition coefficient (Wildman–Crippen LogP) is 2.83.